The van der Waals surface area contributed by atoms with Gasteiger partial charge in [0.25, 0.3) is 5.91 Å². The topological polar surface area (TPSA) is 55.6 Å². The summed E-state index contributed by atoms with van der Waals surface area (Å²) in [5, 5.41) is 0. The van der Waals surface area contributed by atoms with Crippen LogP contribution in [0.25, 0.3) is 0 Å². The third-order valence-electron chi connectivity index (χ3n) is 3.68. The molecule has 0 bridgehead atoms. The number of benzene rings is 1. The predicted octanol–water partition coefficient (Wildman–Crippen LogP) is 2.22. The molecule has 4 heteroatoms. The van der Waals surface area contributed by atoms with E-state index in [1.165, 1.54) is 0 Å². The zero-order valence-electron chi connectivity index (χ0n) is 11.8. The summed E-state index contributed by atoms with van der Waals surface area (Å²) >= 11 is 0. The maximum absolute atomic E-state index is 12.7. The molecule has 0 aliphatic carbocycles. The molecule has 1 aliphatic heterocycles. The number of amides is 1. The van der Waals surface area contributed by atoms with Crippen LogP contribution in [-0.2, 0) is 4.74 Å². The third-order valence-corrected chi connectivity index (χ3v) is 3.68. The van der Waals surface area contributed by atoms with Crippen molar-refractivity contribution in [2.75, 3.05) is 18.9 Å². The summed E-state index contributed by atoms with van der Waals surface area (Å²) in [5.74, 6) is 0.0829. The Balaban J connectivity index is 2.25. The van der Waals surface area contributed by atoms with Gasteiger partial charge in [-0.05, 0) is 44.0 Å². The predicted molar refractivity (Wildman–Crippen MR) is 76.1 cm³/mol. The Labute approximate surface area is 114 Å². The van der Waals surface area contributed by atoms with Crippen LogP contribution in [0.5, 0.6) is 0 Å². The van der Waals surface area contributed by atoms with E-state index in [0.717, 1.165) is 17.5 Å². The molecule has 2 N–H and O–H groups in total. The van der Waals surface area contributed by atoms with Crippen LogP contribution >= 0.6 is 0 Å². The third kappa shape index (κ3) is 2.89. The number of nitrogen functional groups attached to an aromatic ring is 1. The number of aryl methyl sites for hydroxylation is 1. The summed E-state index contributed by atoms with van der Waals surface area (Å²) in [6.45, 7) is 7.29. The van der Waals surface area contributed by atoms with Gasteiger partial charge in [-0.15, -0.1) is 0 Å². The number of nitrogens with two attached hydrogens (primary N) is 1. The molecule has 0 aromatic heterocycles. The summed E-state index contributed by atoms with van der Waals surface area (Å²) in [4.78, 5) is 14.6. The van der Waals surface area contributed by atoms with E-state index in [1.54, 1.807) is 6.07 Å². The molecular weight excluding hydrogens is 240 g/mol. The lowest BCUT2D eigenvalue weighted by atomic mass is 10.0. The van der Waals surface area contributed by atoms with Gasteiger partial charge in [0, 0.05) is 17.8 Å². The smallest absolute Gasteiger partial charge is 0.254 e. The van der Waals surface area contributed by atoms with Crippen molar-refractivity contribution in [1.29, 1.82) is 0 Å². The molecule has 1 saturated heterocycles. The maximum atomic E-state index is 12.7. The number of hydrogen-bond acceptors (Lipinski definition) is 3. The summed E-state index contributed by atoms with van der Waals surface area (Å²) in [5.41, 5.74) is 8.10. The molecular formula is C15H22N2O2. The van der Waals surface area contributed by atoms with Crippen LogP contribution in [0, 0.1) is 6.92 Å². The Bertz CT molecular complexity index is 473. The second-order valence-electron chi connectivity index (χ2n) is 5.24. The van der Waals surface area contributed by atoms with E-state index in [1.807, 2.05) is 30.9 Å². The number of nitrogens with zero attached hydrogens (tertiary/aromatic N) is 1. The molecule has 0 spiro atoms. The van der Waals surface area contributed by atoms with Gasteiger partial charge in [-0.25, -0.2) is 0 Å². The van der Waals surface area contributed by atoms with Crippen molar-refractivity contribution in [2.24, 2.45) is 0 Å². The van der Waals surface area contributed by atoms with Crippen molar-refractivity contribution in [2.45, 2.75) is 39.3 Å². The molecule has 1 heterocycles. The number of carbonyl (C=O) groups excluding carboxylic acids is 1. The first-order valence-electron chi connectivity index (χ1n) is 6.81. The Morgan fingerprint density at radius 3 is 2.89 bits per heavy atom. The van der Waals surface area contributed by atoms with Gasteiger partial charge in [0.1, 0.15) is 0 Å². The van der Waals surface area contributed by atoms with Crippen molar-refractivity contribution in [3.63, 3.8) is 0 Å². The van der Waals surface area contributed by atoms with Crippen LogP contribution in [0.1, 0.15) is 36.2 Å². The van der Waals surface area contributed by atoms with Gasteiger partial charge in [0.15, 0.2) is 0 Å². The largest absolute Gasteiger partial charge is 0.399 e. The first-order chi connectivity index (χ1) is 9.02. The highest BCUT2D eigenvalue weighted by Gasteiger charge is 2.30. The van der Waals surface area contributed by atoms with Crippen LogP contribution in [0.3, 0.4) is 0 Å². The lowest BCUT2D eigenvalue weighted by Crippen LogP contribution is -2.51. The van der Waals surface area contributed by atoms with Gasteiger partial charge in [-0.2, -0.15) is 0 Å². The van der Waals surface area contributed by atoms with E-state index >= 15 is 0 Å². The minimum Gasteiger partial charge on any atom is -0.399 e. The average Bonchev–Trinajstić information content (AvgIpc) is 2.38. The fraction of sp³-hybridized carbons (Fsp3) is 0.533. The molecule has 19 heavy (non-hydrogen) atoms. The van der Waals surface area contributed by atoms with Crippen LogP contribution in [0.15, 0.2) is 18.2 Å². The van der Waals surface area contributed by atoms with Crippen molar-refractivity contribution < 1.29 is 9.53 Å². The first-order valence-corrected chi connectivity index (χ1v) is 6.81. The normalized spacial score (nSPS) is 23.4. The zero-order chi connectivity index (χ0) is 14.0. The average molecular weight is 262 g/mol. The number of carbonyl (C=O) groups is 1. The van der Waals surface area contributed by atoms with Crippen molar-refractivity contribution in [3.05, 3.63) is 29.3 Å². The van der Waals surface area contributed by atoms with Crippen molar-refractivity contribution in [3.8, 4) is 0 Å². The molecule has 4 nitrogen and oxygen atoms in total. The maximum Gasteiger partial charge on any atom is 0.254 e. The van der Waals surface area contributed by atoms with Gasteiger partial charge >= 0.3 is 0 Å². The van der Waals surface area contributed by atoms with Gasteiger partial charge in [0.05, 0.1) is 18.8 Å². The number of morpholine rings is 1. The fourth-order valence-electron chi connectivity index (χ4n) is 2.51. The standard InChI is InChI=1S/C15H22N2O2/c1-4-13-9-19-11(3)8-17(13)15(18)14-6-5-12(16)7-10(14)2/h5-7,11,13H,4,8-9,16H2,1-3H3. The van der Waals surface area contributed by atoms with Crippen molar-refractivity contribution in [1.82, 2.24) is 4.90 Å². The Kier molecular flexibility index (Phi) is 4.10. The fourth-order valence-corrected chi connectivity index (χ4v) is 2.51. The minimum absolute atomic E-state index is 0.0829. The van der Waals surface area contributed by atoms with Gasteiger partial charge < -0.3 is 15.4 Å². The lowest BCUT2D eigenvalue weighted by Gasteiger charge is -2.38. The Morgan fingerprint density at radius 2 is 2.26 bits per heavy atom. The summed E-state index contributed by atoms with van der Waals surface area (Å²) in [6, 6.07) is 5.61. The molecule has 0 saturated carbocycles. The molecule has 0 radical (unpaired) electrons. The zero-order valence-corrected chi connectivity index (χ0v) is 11.8. The van der Waals surface area contributed by atoms with Gasteiger partial charge in [-0.1, -0.05) is 6.92 Å². The summed E-state index contributed by atoms with van der Waals surface area (Å²) in [7, 11) is 0. The van der Waals surface area contributed by atoms with E-state index in [-0.39, 0.29) is 18.1 Å². The van der Waals surface area contributed by atoms with Gasteiger partial charge in [-0.3, -0.25) is 4.79 Å². The van der Waals surface area contributed by atoms with Crippen LogP contribution < -0.4 is 5.73 Å². The SMILES string of the molecule is CCC1COC(C)CN1C(=O)c1ccc(N)cc1C. The highest BCUT2D eigenvalue weighted by molar-refractivity contribution is 5.96. The van der Waals surface area contributed by atoms with Crippen molar-refractivity contribution >= 4 is 11.6 Å². The van der Waals surface area contributed by atoms with E-state index in [4.69, 9.17) is 10.5 Å². The van der Waals surface area contributed by atoms with Crippen LogP contribution in [-0.4, -0.2) is 36.1 Å². The van der Waals surface area contributed by atoms with Gasteiger partial charge in [0.2, 0.25) is 0 Å². The first kappa shape index (κ1) is 13.9. The molecule has 1 aromatic rings. The molecule has 2 rings (SSSR count). The highest BCUT2D eigenvalue weighted by atomic mass is 16.5. The molecule has 1 aliphatic rings. The second-order valence-corrected chi connectivity index (χ2v) is 5.24. The van der Waals surface area contributed by atoms with Crippen LogP contribution in [0.4, 0.5) is 5.69 Å². The second kappa shape index (κ2) is 5.61. The van der Waals surface area contributed by atoms with E-state index in [2.05, 4.69) is 6.92 Å². The van der Waals surface area contributed by atoms with Crippen LogP contribution in [0.2, 0.25) is 0 Å². The van der Waals surface area contributed by atoms with E-state index < -0.39 is 0 Å². The Morgan fingerprint density at radius 1 is 1.53 bits per heavy atom. The molecule has 1 amide bonds. The molecule has 2 atom stereocenters. The van der Waals surface area contributed by atoms with E-state index in [0.29, 0.717) is 18.8 Å². The number of hydrogen-bond donors (Lipinski definition) is 1. The summed E-state index contributed by atoms with van der Waals surface area (Å²) < 4.78 is 5.63. The molecule has 1 fully saturated rings. The molecule has 2 unspecified atom stereocenters. The quantitative estimate of drug-likeness (QED) is 0.831. The lowest BCUT2D eigenvalue weighted by molar-refractivity contribution is -0.0444. The number of anilines is 1. The molecule has 1 aromatic carbocycles. The number of rotatable bonds is 2. The molecule has 104 valence electrons. The summed E-state index contributed by atoms with van der Waals surface area (Å²) in [6.07, 6.45) is 1.01. The number of ether oxygens (including phenoxy) is 1. The highest BCUT2D eigenvalue weighted by Crippen LogP contribution is 2.20. The monoisotopic (exact) mass is 262 g/mol. The minimum atomic E-state index is 0.0829. The van der Waals surface area contributed by atoms with E-state index in [9.17, 15) is 4.79 Å². The Hall–Kier alpha value is -1.55.